The molecule has 4 rings (SSSR count). The monoisotopic (exact) mass is 443 g/mol. The lowest BCUT2D eigenvalue weighted by molar-refractivity contribution is 0.0956. The van der Waals surface area contributed by atoms with Gasteiger partial charge in [-0.1, -0.05) is 43.7 Å². The number of ether oxygens (including phenoxy) is 1. The van der Waals surface area contributed by atoms with E-state index in [9.17, 15) is 4.79 Å². The first-order chi connectivity index (χ1) is 15.6. The highest BCUT2D eigenvalue weighted by molar-refractivity contribution is 7.13. The van der Waals surface area contributed by atoms with Crippen molar-refractivity contribution in [1.29, 1.82) is 0 Å². The van der Waals surface area contributed by atoms with Gasteiger partial charge in [0, 0.05) is 20.7 Å². The summed E-state index contributed by atoms with van der Waals surface area (Å²) in [5, 5.41) is 4.93. The molecule has 0 bridgehead atoms. The van der Waals surface area contributed by atoms with Gasteiger partial charge in [0.25, 0.3) is 5.91 Å². The standard InChI is InChI=1S/C26H25N3O2S/c1-3-4-14-31-20-9-7-8-19(15-20)25-16-23(22-10-5-6-11-24(22)28-25)26(30)29-27-17-21-13-12-18(2)32-21/h5-13,15-17H,3-4,14H2,1-2H3,(H,29,30). The van der Waals surface area contributed by atoms with Crippen molar-refractivity contribution in [2.45, 2.75) is 26.7 Å². The van der Waals surface area contributed by atoms with Gasteiger partial charge in [-0.05, 0) is 49.7 Å². The fraction of sp³-hybridized carbons (Fsp3) is 0.192. The fourth-order valence-electron chi connectivity index (χ4n) is 3.33. The minimum absolute atomic E-state index is 0.273. The molecule has 162 valence electrons. The number of rotatable bonds is 8. The number of pyridine rings is 1. The summed E-state index contributed by atoms with van der Waals surface area (Å²) in [6.07, 6.45) is 3.75. The van der Waals surface area contributed by atoms with Crippen molar-refractivity contribution >= 4 is 34.4 Å². The lowest BCUT2D eigenvalue weighted by Gasteiger charge is -2.10. The van der Waals surface area contributed by atoms with Crippen molar-refractivity contribution in [3.8, 4) is 17.0 Å². The molecule has 4 aromatic rings. The number of hydrazone groups is 1. The van der Waals surface area contributed by atoms with Gasteiger partial charge in [0.1, 0.15) is 5.75 Å². The summed E-state index contributed by atoms with van der Waals surface area (Å²) in [6.45, 7) is 4.85. The van der Waals surface area contributed by atoms with Gasteiger partial charge in [-0.2, -0.15) is 5.10 Å². The molecular weight excluding hydrogens is 418 g/mol. The number of nitrogens with zero attached hydrogens (tertiary/aromatic N) is 2. The Bertz CT molecular complexity index is 1260. The molecule has 0 saturated heterocycles. The van der Waals surface area contributed by atoms with Gasteiger partial charge in [0.2, 0.25) is 0 Å². The summed E-state index contributed by atoms with van der Waals surface area (Å²) >= 11 is 1.62. The molecule has 5 nitrogen and oxygen atoms in total. The van der Waals surface area contributed by atoms with Crippen LogP contribution in [0.15, 0.2) is 71.8 Å². The summed E-state index contributed by atoms with van der Waals surface area (Å²) < 4.78 is 5.85. The topological polar surface area (TPSA) is 63.6 Å². The highest BCUT2D eigenvalue weighted by Crippen LogP contribution is 2.27. The van der Waals surface area contributed by atoms with Crippen molar-refractivity contribution in [1.82, 2.24) is 10.4 Å². The number of benzene rings is 2. The van der Waals surface area contributed by atoms with Gasteiger partial charge in [-0.15, -0.1) is 11.3 Å². The van der Waals surface area contributed by atoms with E-state index in [1.165, 1.54) is 4.88 Å². The van der Waals surface area contributed by atoms with Crippen molar-refractivity contribution in [2.75, 3.05) is 6.61 Å². The second-order valence-electron chi connectivity index (χ2n) is 7.45. The van der Waals surface area contributed by atoms with E-state index in [1.54, 1.807) is 17.6 Å². The molecule has 0 fully saturated rings. The average molecular weight is 444 g/mol. The average Bonchev–Trinajstić information content (AvgIpc) is 3.23. The van der Waals surface area contributed by atoms with Gasteiger partial charge in [-0.3, -0.25) is 4.79 Å². The first kappa shape index (κ1) is 21.7. The van der Waals surface area contributed by atoms with Gasteiger partial charge < -0.3 is 4.74 Å². The van der Waals surface area contributed by atoms with Crippen LogP contribution in [0.5, 0.6) is 5.75 Å². The number of carbonyl (C=O) groups is 1. The third kappa shape index (κ3) is 5.21. The van der Waals surface area contributed by atoms with Crippen LogP contribution in [0.25, 0.3) is 22.2 Å². The normalized spacial score (nSPS) is 11.2. The lowest BCUT2D eigenvalue weighted by atomic mass is 10.0. The molecule has 32 heavy (non-hydrogen) atoms. The predicted octanol–water partition coefficient (Wildman–Crippen LogP) is 6.21. The zero-order valence-corrected chi connectivity index (χ0v) is 19.0. The summed E-state index contributed by atoms with van der Waals surface area (Å²) in [7, 11) is 0. The molecule has 0 aliphatic carbocycles. The number of aryl methyl sites for hydroxylation is 1. The fourth-order valence-corrected chi connectivity index (χ4v) is 4.08. The third-order valence-corrected chi connectivity index (χ3v) is 5.91. The summed E-state index contributed by atoms with van der Waals surface area (Å²) in [5.41, 5.74) is 5.56. The zero-order valence-electron chi connectivity index (χ0n) is 18.2. The van der Waals surface area contributed by atoms with Gasteiger partial charge in [0.15, 0.2) is 0 Å². The third-order valence-electron chi connectivity index (χ3n) is 4.98. The maximum atomic E-state index is 13.0. The van der Waals surface area contributed by atoms with E-state index in [-0.39, 0.29) is 5.91 Å². The first-order valence-corrected chi connectivity index (χ1v) is 11.5. The van der Waals surface area contributed by atoms with Crippen LogP contribution < -0.4 is 10.2 Å². The van der Waals surface area contributed by atoms with Crippen LogP contribution in [0.2, 0.25) is 0 Å². The van der Waals surface area contributed by atoms with E-state index in [0.717, 1.165) is 39.9 Å². The maximum Gasteiger partial charge on any atom is 0.272 e. The second kappa shape index (κ2) is 10.2. The number of unbranched alkanes of at least 4 members (excludes halogenated alkanes) is 1. The Morgan fingerprint density at radius 2 is 2.00 bits per heavy atom. The van der Waals surface area contributed by atoms with E-state index in [0.29, 0.717) is 17.9 Å². The summed E-state index contributed by atoms with van der Waals surface area (Å²) in [5.74, 6) is 0.525. The molecule has 1 N–H and O–H groups in total. The maximum absolute atomic E-state index is 13.0. The van der Waals surface area contributed by atoms with E-state index in [2.05, 4.69) is 17.5 Å². The number of hydrogen-bond acceptors (Lipinski definition) is 5. The largest absolute Gasteiger partial charge is 0.494 e. The van der Waals surface area contributed by atoms with Gasteiger partial charge >= 0.3 is 0 Å². The van der Waals surface area contributed by atoms with Crippen LogP contribution in [-0.4, -0.2) is 23.7 Å². The number of nitrogens with one attached hydrogen (secondary N) is 1. The number of hydrogen-bond donors (Lipinski definition) is 1. The smallest absolute Gasteiger partial charge is 0.272 e. The van der Waals surface area contributed by atoms with Crippen LogP contribution in [0, 0.1) is 6.92 Å². The molecule has 2 aromatic carbocycles. The molecular formula is C26H25N3O2S. The van der Waals surface area contributed by atoms with Crippen LogP contribution in [0.3, 0.4) is 0 Å². The van der Waals surface area contributed by atoms with Crippen molar-refractivity contribution in [2.24, 2.45) is 5.10 Å². The molecule has 0 atom stereocenters. The minimum atomic E-state index is -0.273. The Kier molecular flexibility index (Phi) is 6.92. The Hall–Kier alpha value is -3.51. The Balaban J connectivity index is 1.63. The van der Waals surface area contributed by atoms with Gasteiger partial charge in [-0.25, -0.2) is 10.4 Å². The van der Waals surface area contributed by atoms with Crippen molar-refractivity contribution < 1.29 is 9.53 Å². The first-order valence-electron chi connectivity index (χ1n) is 10.7. The Morgan fingerprint density at radius 1 is 1.12 bits per heavy atom. The van der Waals surface area contributed by atoms with E-state index >= 15 is 0 Å². The second-order valence-corrected chi connectivity index (χ2v) is 8.77. The molecule has 0 radical (unpaired) electrons. The molecule has 0 aliphatic heterocycles. The van der Waals surface area contributed by atoms with Gasteiger partial charge in [0.05, 0.1) is 29.6 Å². The van der Waals surface area contributed by atoms with E-state index in [1.807, 2.05) is 73.7 Å². The highest BCUT2D eigenvalue weighted by Gasteiger charge is 2.14. The summed E-state index contributed by atoms with van der Waals surface area (Å²) in [6, 6.07) is 21.3. The lowest BCUT2D eigenvalue weighted by Crippen LogP contribution is -2.18. The van der Waals surface area contributed by atoms with Crippen LogP contribution >= 0.6 is 11.3 Å². The molecule has 0 saturated carbocycles. The summed E-state index contributed by atoms with van der Waals surface area (Å²) in [4.78, 5) is 20.0. The van der Waals surface area contributed by atoms with Crippen LogP contribution in [0.4, 0.5) is 0 Å². The Morgan fingerprint density at radius 3 is 2.81 bits per heavy atom. The minimum Gasteiger partial charge on any atom is -0.494 e. The predicted molar refractivity (Wildman–Crippen MR) is 132 cm³/mol. The van der Waals surface area contributed by atoms with E-state index in [4.69, 9.17) is 9.72 Å². The van der Waals surface area contributed by atoms with Crippen molar-refractivity contribution in [3.05, 3.63) is 82.0 Å². The number of thiophene rings is 1. The van der Waals surface area contributed by atoms with E-state index < -0.39 is 0 Å². The van der Waals surface area contributed by atoms with Crippen LogP contribution in [-0.2, 0) is 0 Å². The number of carbonyl (C=O) groups excluding carboxylic acids is 1. The SMILES string of the molecule is CCCCOc1cccc(-c2cc(C(=O)NN=Cc3ccc(C)s3)c3ccccc3n2)c1. The molecule has 0 spiro atoms. The molecule has 0 aliphatic rings. The van der Waals surface area contributed by atoms with Crippen molar-refractivity contribution in [3.63, 3.8) is 0 Å². The highest BCUT2D eigenvalue weighted by atomic mass is 32.1. The molecule has 2 aromatic heterocycles. The number of para-hydroxylation sites is 1. The number of aromatic nitrogens is 1. The van der Waals surface area contributed by atoms with Crippen LogP contribution in [0.1, 0.15) is 39.9 Å². The zero-order chi connectivity index (χ0) is 22.3. The molecule has 6 heteroatoms. The molecule has 1 amide bonds. The number of fused-ring (bicyclic) bond motifs is 1. The Labute approximate surface area is 191 Å². The molecule has 0 unspecified atom stereocenters. The quantitative estimate of drug-likeness (QED) is 0.200. The molecule has 2 heterocycles. The number of amides is 1.